The summed E-state index contributed by atoms with van der Waals surface area (Å²) in [5.74, 6) is 0. The van der Waals surface area contributed by atoms with Crippen LogP contribution >= 0.6 is 0 Å². The lowest BCUT2D eigenvalue weighted by atomic mass is 10.2. The van der Waals surface area contributed by atoms with Crippen molar-refractivity contribution in [3.8, 4) is 0 Å². The van der Waals surface area contributed by atoms with Crippen molar-refractivity contribution in [1.82, 2.24) is 0 Å². The van der Waals surface area contributed by atoms with Crippen molar-refractivity contribution in [3.63, 3.8) is 0 Å². The molecule has 0 radical (unpaired) electrons. The van der Waals surface area contributed by atoms with Crippen LogP contribution in [0.3, 0.4) is 0 Å². The summed E-state index contributed by atoms with van der Waals surface area (Å²) in [6.07, 6.45) is 0. The normalized spacial score (nSPS) is 9.27. The zero-order chi connectivity index (χ0) is 8.27. The van der Waals surface area contributed by atoms with Crippen molar-refractivity contribution in [3.05, 3.63) is 24.3 Å². The van der Waals surface area contributed by atoms with Crippen molar-refractivity contribution >= 4 is 18.1 Å². The third kappa shape index (κ3) is 1.58. The highest BCUT2D eigenvalue weighted by Crippen LogP contribution is 2.25. The molecule has 0 spiro atoms. The van der Waals surface area contributed by atoms with E-state index < -0.39 is 0 Å². The molecule has 0 N–H and O–H groups in total. The van der Waals surface area contributed by atoms with Gasteiger partial charge in [0, 0.05) is 14.1 Å². The largest absolute Gasteiger partial charge is 0.376 e. The number of nitrogens with zero attached hydrogens (tertiary/aromatic N) is 2. The van der Waals surface area contributed by atoms with Gasteiger partial charge in [-0.05, 0) is 18.9 Å². The zero-order valence-corrected chi connectivity index (χ0v) is 6.91. The second kappa shape index (κ2) is 3.19. The maximum Gasteiger partial charge on any atom is 0.0855 e. The van der Waals surface area contributed by atoms with Crippen LogP contribution in [0.4, 0.5) is 11.4 Å². The molecule has 0 atom stereocenters. The summed E-state index contributed by atoms with van der Waals surface area (Å²) in [6.45, 7) is 3.50. The van der Waals surface area contributed by atoms with E-state index in [1.807, 2.05) is 43.3 Å². The van der Waals surface area contributed by atoms with E-state index in [4.69, 9.17) is 0 Å². The Bertz CT molecular complexity index is 253. The van der Waals surface area contributed by atoms with E-state index in [-0.39, 0.29) is 0 Å². The number of hydrogen-bond donors (Lipinski definition) is 0. The summed E-state index contributed by atoms with van der Waals surface area (Å²) in [4.78, 5) is 5.92. The van der Waals surface area contributed by atoms with Crippen molar-refractivity contribution in [1.29, 1.82) is 0 Å². The highest BCUT2D eigenvalue weighted by molar-refractivity contribution is 5.68. The highest BCUT2D eigenvalue weighted by atomic mass is 15.1. The first-order valence-electron chi connectivity index (χ1n) is 3.49. The number of para-hydroxylation sites is 2. The molecule has 0 unspecified atom stereocenters. The topological polar surface area (TPSA) is 15.6 Å². The Morgan fingerprint density at radius 2 is 1.91 bits per heavy atom. The molecule has 2 heteroatoms. The SMILES string of the molecule is C=Nc1ccccc1N(C)C. The molecule has 0 amide bonds. The Balaban J connectivity index is 3.12. The van der Waals surface area contributed by atoms with Gasteiger partial charge in [-0.25, -0.2) is 0 Å². The lowest BCUT2D eigenvalue weighted by Gasteiger charge is -2.13. The fourth-order valence-corrected chi connectivity index (χ4v) is 0.976. The number of anilines is 1. The van der Waals surface area contributed by atoms with Gasteiger partial charge in [-0.15, -0.1) is 0 Å². The first-order chi connectivity index (χ1) is 5.25. The average molecular weight is 148 g/mol. The number of hydrogen-bond acceptors (Lipinski definition) is 2. The molecule has 0 aliphatic heterocycles. The van der Waals surface area contributed by atoms with Gasteiger partial charge in [0.15, 0.2) is 0 Å². The molecule has 0 aliphatic rings. The van der Waals surface area contributed by atoms with Gasteiger partial charge in [0.25, 0.3) is 0 Å². The molecule has 0 saturated heterocycles. The van der Waals surface area contributed by atoms with Crippen LogP contribution < -0.4 is 4.90 Å². The fraction of sp³-hybridized carbons (Fsp3) is 0.222. The van der Waals surface area contributed by atoms with Crippen LogP contribution in [0.5, 0.6) is 0 Å². The highest BCUT2D eigenvalue weighted by Gasteiger charge is 1.98. The van der Waals surface area contributed by atoms with Crippen LogP contribution in [0.15, 0.2) is 29.3 Å². The van der Waals surface area contributed by atoms with E-state index in [1.54, 1.807) is 0 Å². The summed E-state index contributed by atoms with van der Waals surface area (Å²) in [5, 5.41) is 0. The molecule has 58 valence electrons. The summed E-state index contributed by atoms with van der Waals surface area (Å²) in [7, 11) is 3.98. The van der Waals surface area contributed by atoms with Crippen LogP contribution in [0, 0.1) is 0 Å². The molecule has 0 aliphatic carbocycles. The minimum Gasteiger partial charge on any atom is -0.376 e. The summed E-state index contributed by atoms with van der Waals surface area (Å²) in [6, 6.07) is 7.91. The van der Waals surface area contributed by atoms with Crippen LogP contribution in [0.2, 0.25) is 0 Å². The van der Waals surface area contributed by atoms with E-state index in [2.05, 4.69) is 11.7 Å². The summed E-state index contributed by atoms with van der Waals surface area (Å²) >= 11 is 0. The van der Waals surface area contributed by atoms with Crippen LogP contribution in [-0.2, 0) is 0 Å². The van der Waals surface area contributed by atoms with Crippen LogP contribution in [-0.4, -0.2) is 20.8 Å². The quantitative estimate of drug-likeness (QED) is 0.586. The predicted octanol–water partition coefficient (Wildman–Crippen LogP) is 2.08. The number of aliphatic imine (C=N–C) groups is 1. The molecule has 0 heterocycles. The molecule has 0 saturated carbocycles. The Morgan fingerprint density at radius 1 is 1.27 bits per heavy atom. The van der Waals surface area contributed by atoms with Gasteiger partial charge < -0.3 is 4.90 Å². The van der Waals surface area contributed by atoms with Crippen LogP contribution in [0.25, 0.3) is 0 Å². The van der Waals surface area contributed by atoms with E-state index in [0.717, 1.165) is 11.4 Å². The van der Waals surface area contributed by atoms with Crippen molar-refractivity contribution in [2.45, 2.75) is 0 Å². The summed E-state index contributed by atoms with van der Waals surface area (Å²) < 4.78 is 0. The van der Waals surface area contributed by atoms with Gasteiger partial charge in [0.2, 0.25) is 0 Å². The zero-order valence-electron chi connectivity index (χ0n) is 6.91. The Labute approximate surface area is 67.2 Å². The van der Waals surface area contributed by atoms with E-state index in [9.17, 15) is 0 Å². The van der Waals surface area contributed by atoms with Gasteiger partial charge in [-0.1, -0.05) is 12.1 Å². The first kappa shape index (κ1) is 7.79. The Hall–Kier alpha value is -1.31. The number of rotatable bonds is 2. The predicted molar refractivity (Wildman–Crippen MR) is 50.0 cm³/mol. The Morgan fingerprint density at radius 3 is 2.36 bits per heavy atom. The molecule has 0 aromatic heterocycles. The molecule has 0 fully saturated rings. The van der Waals surface area contributed by atoms with E-state index in [0.29, 0.717) is 0 Å². The molecule has 11 heavy (non-hydrogen) atoms. The monoisotopic (exact) mass is 148 g/mol. The maximum atomic E-state index is 3.90. The van der Waals surface area contributed by atoms with Crippen molar-refractivity contribution in [2.24, 2.45) is 4.99 Å². The van der Waals surface area contributed by atoms with Gasteiger partial charge in [0.05, 0.1) is 11.4 Å². The molecule has 1 aromatic rings. The van der Waals surface area contributed by atoms with Crippen LogP contribution in [0.1, 0.15) is 0 Å². The molecule has 2 nitrogen and oxygen atoms in total. The molecule has 1 aromatic carbocycles. The number of benzene rings is 1. The standard InChI is InChI=1S/C9H12N2/c1-10-8-6-4-5-7-9(8)11(2)3/h4-7H,1H2,2-3H3. The molecule has 1 rings (SSSR count). The van der Waals surface area contributed by atoms with E-state index in [1.165, 1.54) is 0 Å². The lowest BCUT2D eigenvalue weighted by molar-refractivity contribution is 1.13. The Kier molecular flexibility index (Phi) is 2.26. The van der Waals surface area contributed by atoms with Gasteiger partial charge >= 0.3 is 0 Å². The second-order valence-electron chi connectivity index (χ2n) is 2.54. The summed E-state index contributed by atoms with van der Waals surface area (Å²) in [5.41, 5.74) is 2.03. The lowest BCUT2D eigenvalue weighted by Crippen LogP contribution is -2.08. The van der Waals surface area contributed by atoms with Gasteiger partial charge in [0.1, 0.15) is 0 Å². The first-order valence-corrected chi connectivity index (χ1v) is 3.49. The van der Waals surface area contributed by atoms with Gasteiger partial charge in [-0.2, -0.15) is 0 Å². The molecular formula is C9H12N2. The smallest absolute Gasteiger partial charge is 0.0855 e. The maximum absolute atomic E-state index is 3.90. The third-order valence-electron chi connectivity index (χ3n) is 1.53. The van der Waals surface area contributed by atoms with E-state index >= 15 is 0 Å². The fourth-order valence-electron chi connectivity index (χ4n) is 0.976. The minimum absolute atomic E-state index is 0.928. The molecule has 0 bridgehead atoms. The third-order valence-corrected chi connectivity index (χ3v) is 1.53. The van der Waals surface area contributed by atoms with Gasteiger partial charge in [-0.3, -0.25) is 4.99 Å². The average Bonchev–Trinajstić information content (AvgIpc) is 2.04. The van der Waals surface area contributed by atoms with Crippen molar-refractivity contribution < 1.29 is 0 Å². The second-order valence-corrected chi connectivity index (χ2v) is 2.54. The van der Waals surface area contributed by atoms with Crippen molar-refractivity contribution in [2.75, 3.05) is 19.0 Å². The minimum atomic E-state index is 0.928. The molecular weight excluding hydrogens is 136 g/mol.